The van der Waals surface area contributed by atoms with Gasteiger partial charge >= 0.3 is 5.97 Å². The zero-order valence-electron chi connectivity index (χ0n) is 11.6. The summed E-state index contributed by atoms with van der Waals surface area (Å²) in [4.78, 5) is 15.3. The maximum atomic E-state index is 11.0. The molecule has 1 aromatic heterocycles. The fourth-order valence-electron chi connectivity index (χ4n) is 2.33. The first-order valence-corrected chi connectivity index (χ1v) is 7.12. The van der Waals surface area contributed by atoms with Gasteiger partial charge in [-0.2, -0.15) is 0 Å². The van der Waals surface area contributed by atoms with Crippen molar-refractivity contribution in [3.8, 4) is 0 Å². The fourth-order valence-corrected chi connectivity index (χ4v) is 2.50. The Morgan fingerprint density at radius 1 is 1.14 bits per heavy atom. The Kier molecular flexibility index (Phi) is 3.94. The molecule has 0 saturated carbocycles. The Morgan fingerprint density at radius 3 is 2.77 bits per heavy atom. The van der Waals surface area contributed by atoms with Gasteiger partial charge in [-0.3, -0.25) is 9.78 Å². The third-order valence-corrected chi connectivity index (χ3v) is 3.57. The standard InChI is InChI=1S/C17H13ClN2O2/c18-12-5-6-13-15(7-8-19-16(13)10-12)20-14-4-2-1-3-11(14)9-17(21)22/h1-8,10H,9H2,(H,19,20)(H,21,22). The van der Waals surface area contributed by atoms with Gasteiger partial charge in [-0.05, 0) is 35.9 Å². The van der Waals surface area contributed by atoms with Crippen LogP contribution in [0.2, 0.25) is 5.02 Å². The van der Waals surface area contributed by atoms with Gasteiger partial charge in [-0.15, -0.1) is 0 Å². The second-order valence-electron chi connectivity index (χ2n) is 4.87. The third-order valence-electron chi connectivity index (χ3n) is 3.33. The summed E-state index contributed by atoms with van der Waals surface area (Å²) in [6, 6.07) is 14.7. The van der Waals surface area contributed by atoms with Crippen LogP contribution in [0.1, 0.15) is 5.56 Å². The number of aromatic nitrogens is 1. The molecule has 0 spiro atoms. The van der Waals surface area contributed by atoms with Gasteiger partial charge in [0.25, 0.3) is 0 Å². The number of fused-ring (bicyclic) bond motifs is 1. The van der Waals surface area contributed by atoms with E-state index in [9.17, 15) is 4.79 Å². The topological polar surface area (TPSA) is 62.2 Å². The molecule has 22 heavy (non-hydrogen) atoms. The molecule has 2 N–H and O–H groups in total. The highest BCUT2D eigenvalue weighted by Crippen LogP contribution is 2.28. The number of hydrogen-bond acceptors (Lipinski definition) is 3. The van der Waals surface area contributed by atoms with Gasteiger partial charge in [0.15, 0.2) is 0 Å². The van der Waals surface area contributed by atoms with Crippen LogP contribution in [0.15, 0.2) is 54.7 Å². The van der Waals surface area contributed by atoms with Crippen molar-refractivity contribution >= 4 is 39.8 Å². The number of carbonyl (C=O) groups is 1. The summed E-state index contributed by atoms with van der Waals surface area (Å²) in [5.41, 5.74) is 3.15. The lowest BCUT2D eigenvalue weighted by molar-refractivity contribution is -0.136. The number of para-hydroxylation sites is 1. The van der Waals surface area contributed by atoms with Crippen molar-refractivity contribution in [1.82, 2.24) is 4.98 Å². The molecule has 110 valence electrons. The van der Waals surface area contributed by atoms with Gasteiger partial charge < -0.3 is 10.4 Å². The van der Waals surface area contributed by atoms with Crippen molar-refractivity contribution in [3.63, 3.8) is 0 Å². The molecule has 0 aliphatic rings. The zero-order chi connectivity index (χ0) is 15.5. The number of pyridine rings is 1. The van der Waals surface area contributed by atoms with E-state index in [1.165, 1.54) is 0 Å². The van der Waals surface area contributed by atoms with Crippen LogP contribution in [0.3, 0.4) is 0 Å². The van der Waals surface area contributed by atoms with Crippen molar-refractivity contribution in [2.75, 3.05) is 5.32 Å². The zero-order valence-corrected chi connectivity index (χ0v) is 12.3. The fraction of sp³-hybridized carbons (Fsp3) is 0.0588. The normalized spacial score (nSPS) is 10.6. The second-order valence-corrected chi connectivity index (χ2v) is 5.31. The van der Waals surface area contributed by atoms with Gasteiger partial charge in [-0.1, -0.05) is 29.8 Å². The Morgan fingerprint density at radius 2 is 1.95 bits per heavy atom. The van der Waals surface area contributed by atoms with Gasteiger partial charge in [0, 0.05) is 28.0 Å². The Hall–Kier alpha value is -2.59. The maximum Gasteiger partial charge on any atom is 0.307 e. The smallest absolute Gasteiger partial charge is 0.307 e. The van der Waals surface area contributed by atoms with Crippen LogP contribution in [0.4, 0.5) is 11.4 Å². The van der Waals surface area contributed by atoms with Crippen LogP contribution >= 0.6 is 11.6 Å². The average Bonchev–Trinajstić information content (AvgIpc) is 2.48. The summed E-state index contributed by atoms with van der Waals surface area (Å²) < 4.78 is 0. The number of anilines is 2. The van der Waals surface area contributed by atoms with E-state index in [2.05, 4.69) is 10.3 Å². The van der Waals surface area contributed by atoms with Crippen molar-refractivity contribution < 1.29 is 9.90 Å². The van der Waals surface area contributed by atoms with Crippen molar-refractivity contribution in [2.24, 2.45) is 0 Å². The minimum Gasteiger partial charge on any atom is -0.481 e. The lowest BCUT2D eigenvalue weighted by atomic mass is 10.1. The van der Waals surface area contributed by atoms with Crippen LogP contribution in [0.25, 0.3) is 10.9 Å². The van der Waals surface area contributed by atoms with E-state index in [4.69, 9.17) is 16.7 Å². The summed E-state index contributed by atoms with van der Waals surface area (Å²) in [5, 5.41) is 13.9. The highest BCUT2D eigenvalue weighted by molar-refractivity contribution is 6.31. The lowest BCUT2D eigenvalue weighted by Gasteiger charge is -2.13. The summed E-state index contributed by atoms with van der Waals surface area (Å²) in [5.74, 6) is -0.861. The molecule has 0 radical (unpaired) electrons. The van der Waals surface area contributed by atoms with Gasteiger partial charge in [0.05, 0.1) is 11.9 Å². The van der Waals surface area contributed by atoms with Crippen molar-refractivity contribution in [3.05, 3.63) is 65.3 Å². The largest absolute Gasteiger partial charge is 0.481 e. The van der Waals surface area contributed by atoms with Crippen LogP contribution in [0.5, 0.6) is 0 Å². The molecule has 4 nitrogen and oxygen atoms in total. The predicted octanol–water partition coefficient (Wildman–Crippen LogP) is 4.26. The summed E-state index contributed by atoms with van der Waals surface area (Å²) >= 11 is 5.99. The first-order valence-electron chi connectivity index (χ1n) is 6.74. The molecule has 0 saturated heterocycles. The first kappa shape index (κ1) is 14.4. The Balaban J connectivity index is 2.02. The highest BCUT2D eigenvalue weighted by Gasteiger charge is 2.08. The van der Waals surface area contributed by atoms with Crippen LogP contribution in [0, 0.1) is 0 Å². The van der Waals surface area contributed by atoms with Crippen molar-refractivity contribution in [1.29, 1.82) is 0 Å². The molecular weight excluding hydrogens is 300 g/mol. The lowest BCUT2D eigenvalue weighted by Crippen LogP contribution is -2.03. The quantitative estimate of drug-likeness (QED) is 0.755. The number of nitrogens with one attached hydrogen (secondary N) is 1. The Bertz CT molecular complexity index is 849. The predicted molar refractivity (Wildman–Crippen MR) is 87.8 cm³/mol. The maximum absolute atomic E-state index is 11.0. The SMILES string of the molecule is O=C(O)Cc1ccccc1Nc1ccnc2cc(Cl)ccc12. The number of nitrogens with zero attached hydrogens (tertiary/aromatic N) is 1. The molecule has 3 rings (SSSR count). The van der Waals surface area contributed by atoms with E-state index in [1.54, 1.807) is 24.4 Å². The molecule has 0 bridgehead atoms. The molecule has 0 aliphatic heterocycles. The Labute approximate surface area is 132 Å². The van der Waals surface area contributed by atoms with E-state index in [0.29, 0.717) is 5.02 Å². The third kappa shape index (κ3) is 3.02. The molecule has 0 amide bonds. The molecule has 0 aliphatic carbocycles. The average molecular weight is 313 g/mol. The molecule has 0 fully saturated rings. The molecule has 2 aromatic carbocycles. The molecule has 0 unspecified atom stereocenters. The second kappa shape index (κ2) is 6.03. The monoisotopic (exact) mass is 312 g/mol. The number of rotatable bonds is 4. The highest BCUT2D eigenvalue weighted by atomic mass is 35.5. The van der Waals surface area contributed by atoms with Crippen LogP contribution in [-0.2, 0) is 11.2 Å². The van der Waals surface area contributed by atoms with E-state index < -0.39 is 5.97 Å². The number of benzene rings is 2. The van der Waals surface area contributed by atoms with E-state index in [1.807, 2.05) is 30.3 Å². The molecule has 0 atom stereocenters. The van der Waals surface area contributed by atoms with Crippen LogP contribution < -0.4 is 5.32 Å². The number of carboxylic acids is 1. The summed E-state index contributed by atoms with van der Waals surface area (Å²) in [6.45, 7) is 0. The summed E-state index contributed by atoms with van der Waals surface area (Å²) in [6.07, 6.45) is 1.67. The summed E-state index contributed by atoms with van der Waals surface area (Å²) in [7, 11) is 0. The van der Waals surface area contributed by atoms with Crippen molar-refractivity contribution in [2.45, 2.75) is 6.42 Å². The molecule has 5 heteroatoms. The van der Waals surface area contributed by atoms with E-state index in [-0.39, 0.29) is 6.42 Å². The number of carboxylic acid groups (broad SMARTS) is 1. The van der Waals surface area contributed by atoms with Gasteiger partial charge in [0.2, 0.25) is 0 Å². The van der Waals surface area contributed by atoms with E-state index >= 15 is 0 Å². The van der Waals surface area contributed by atoms with Gasteiger partial charge in [0.1, 0.15) is 0 Å². The number of aliphatic carboxylic acids is 1. The molecule has 1 heterocycles. The minimum atomic E-state index is -0.861. The number of hydrogen-bond donors (Lipinski definition) is 2. The number of halogens is 1. The molecular formula is C17H13ClN2O2. The van der Waals surface area contributed by atoms with E-state index in [0.717, 1.165) is 27.8 Å². The van der Waals surface area contributed by atoms with Gasteiger partial charge in [-0.25, -0.2) is 0 Å². The molecule has 3 aromatic rings. The van der Waals surface area contributed by atoms with Crippen LogP contribution in [-0.4, -0.2) is 16.1 Å². The first-order chi connectivity index (χ1) is 10.6. The minimum absolute atomic E-state index is 0.0297.